The zero-order chi connectivity index (χ0) is 32.5. The molecule has 0 spiro atoms. The first-order chi connectivity index (χ1) is 22.1. The molecule has 0 amide bonds. The summed E-state index contributed by atoms with van der Waals surface area (Å²) >= 11 is 0. The van der Waals surface area contributed by atoms with Crippen LogP contribution in [0.25, 0.3) is 0 Å². The van der Waals surface area contributed by atoms with Gasteiger partial charge in [-0.2, -0.15) is 0 Å². The quantitative estimate of drug-likeness (QED) is 0.157. The van der Waals surface area contributed by atoms with Gasteiger partial charge in [-0.1, -0.05) is 116 Å². The maximum atomic E-state index is 6.55. The molecule has 0 unspecified atom stereocenters. The Morgan fingerprint density at radius 2 is 0.674 bits per heavy atom. The molecule has 46 heavy (non-hydrogen) atoms. The van der Waals surface area contributed by atoms with Gasteiger partial charge in [0, 0.05) is 24.5 Å². The third kappa shape index (κ3) is 6.14. The molecule has 0 radical (unpaired) electrons. The van der Waals surface area contributed by atoms with Gasteiger partial charge in [-0.25, -0.2) is 0 Å². The zero-order valence-electron chi connectivity index (χ0n) is 28.5. The Balaban J connectivity index is 1.46. The Labute approximate surface area is 276 Å². The number of hydrogen-bond acceptors (Lipinski definition) is 6. The van der Waals surface area contributed by atoms with E-state index in [0.717, 1.165) is 23.0 Å². The monoisotopic (exact) mass is 616 g/mol. The number of rotatable bonds is 11. The number of nitrogens with zero attached hydrogens (tertiary/aromatic N) is 2. The standard InChI is InChI=1S/C38H46B2N2O4/c1-25(2)29-15-13-16-30(26(3)4)37(29)41(39-43-33-19-9-10-20-34(33)44-39)23-24-42(40-45-35-21-11-12-22-36(35)46-40)38-31(27(5)6)17-14-18-32(38)28(7)8/h9-22,25-28H,23-24H2,1-8H3. The minimum Gasteiger partial charge on any atom is -0.504 e. The summed E-state index contributed by atoms with van der Waals surface area (Å²) in [5.74, 6) is 4.26. The van der Waals surface area contributed by atoms with E-state index in [9.17, 15) is 0 Å². The van der Waals surface area contributed by atoms with Crippen LogP contribution < -0.4 is 28.2 Å². The molecule has 2 aliphatic heterocycles. The highest BCUT2D eigenvalue weighted by Crippen LogP contribution is 2.42. The molecule has 2 heterocycles. The molecule has 6 rings (SSSR count). The highest BCUT2D eigenvalue weighted by atomic mass is 16.7. The first-order valence-corrected chi connectivity index (χ1v) is 16.8. The van der Waals surface area contributed by atoms with Gasteiger partial charge in [0.1, 0.15) is 23.0 Å². The lowest BCUT2D eigenvalue weighted by Gasteiger charge is -2.36. The van der Waals surface area contributed by atoms with E-state index in [-0.39, 0.29) is 0 Å². The number of fused-ring (bicyclic) bond motifs is 2. The summed E-state index contributed by atoms with van der Waals surface area (Å²) in [7, 11) is -1.24. The van der Waals surface area contributed by atoms with Crippen LogP contribution in [0.5, 0.6) is 23.0 Å². The number of anilines is 2. The molecule has 0 aliphatic carbocycles. The molecule has 2 aliphatic rings. The van der Waals surface area contributed by atoms with Gasteiger partial charge in [-0.15, -0.1) is 0 Å². The molecule has 0 fully saturated rings. The van der Waals surface area contributed by atoms with E-state index < -0.39 is 14.5 Å². The molecular weight excluding hydrogens is 570 g/mol. The average molecular weight is 616 g/mol. The molecule has 0 bridgehead atoms. The lowest BCUT2D eigenvalue weighted by atomic mass is 9.87. The van der Waals surface area contributed by atoms with Crippen LogP contribution in [0.4, 0.5) is 11.4 Å². The minimum atomic E-state index is -0.621. The lowest BCUT2D eigenvalue weighted by molar-refractivity contribution is 0.479. The molecule has 0 aromatic heterocycles. The van der Waals surface area contributed by atoms with E-state index in [1.54, 1.807) is 0 Å². The third-order valence-corrected chi connectivity index (χ3v) is 8.96. The van der Waals surface area contributed by atoms with E-state index in [2.05, 4.69) is 101 Å². The fourth-order valence-electron chi connectivity index (χ4n) is 6.57. The summed E-state index contributed by atoms with van der Waals surface area (Å²) in [5.41, 5.74) is 7.42. The van der Waals surface area contributed by atoms with Crippen LogP contribution >= 0.6 is 0 Å². The van der Waals surface area contributed by atoms with Crippen LogP contribution in [-0.2, 0) is 0 Å². The highest BCUT2D eigenvalue weighted by molar-refractivity contribution is 6.54. The number of hydrogen-bond donors (Lipinski definition) is 0. The molecule has 4 aromatic carbocycles. The third-order valence-electron chi connectivity index (χ3n) is 8.96. The van der Waals surface area contributed by atoms with E-state index in [1.807, 2.05) is 48.5 Å². The van der Waals surface area contributed by atoms with E-state index in [1.165, 1.54) is 33.6 Å². The molecule has 4 aromatic rings. The second kappa shape index (κ2) is 13.3. The van der Waals surface area contributed by atoms with Crippen LogP contribution in [0.15, 0.2) is 84.9 Å². The SMILES string of the molecule is CC(C)c1cccc(C(C)C)c1N(CCN(B1Oc2ccccc2O1)c1c(C(C)C)cccc1C(C)C)B1Oc2ccccc2O1. The van der Waals surface area contributed by atoms with Gasteiger partial charge < -0.3 is 28.2 Å². The van der Waals surface area contributed by atoms with Crippen molar-refractivity contribution >= 4 is 25.9 Å². The summed E-state index contributed by atoms with van der Waals surface area (Å²) in [5, 5.41) is 0. The van der Waals surface area contributed by atoms with Gasteiger partial charge in [0.05, 0.1) is 0 Å². The first kappa shape index (κ1) is 31.8. The molecule has 0 saturated carbocycles. The maximum Gasteiger partial charge on any atom is 0.738 e. The van der Waals surface area contributed by atoms with Crippen molar-refractivity contribution in [2.75, 3.05) is 22.7 Å². The predicted molar refractivity (Wildman–Crippen MR) is 191 cm³/mol. The van der Waals surface area contributed by atoms with Gasteiger partial charge in [0.2, 0.25) is 0 Å². The summed E-state index contributed by atoms with van der Waals surface area (Å²) in [6, 6.07) is 29.2. The summed E-state index contributed by atoms with van der Waals surface area (Å²) in [6.45, 7) is 19.2. The van der Waals surface area contributed by atoms with Crippen molar-refractivity contribution in [1.82, 2.24) is 0 Å². The molecular formula is C38H46B2N2O4. The van der Waals surface area contributed by atoms with Gasteiger partial charge >= 0.3 is 14.5 Å². The van der Waals surface area contributed by atoms with Crippen LogP contribution in [0.1, 0.15) is 101 Å². The maximum absolute atomic E-state index is 6.55. The van der Waals surface area contributed by atoms with E-state index >= 15 is 0 Å². The average Bonchev–Trinajstić information content (AvgIpc) is 3.67. The largest absolute Gasteiger partial charge is 0.738 e. The van der Waals surface area contributed by atoms with Crippen LogP contribution in [0.3, 0.4) is 0 Å². The van der Waals surface area contributed by atoms with E-state index in [0.29, 0.717) is 36.8 Å². The van der Waals surface area contributed by atoms with Gasteiger partial charge in [0.25, 0.3) is 0 Å². The fraction of sp³-hybridized carbons (Fsp3) is 0.368. The summed E-state index contributed by atoms with van der Waals surface area (Å²) in [6.07, 6.45) is 0. The van der Waals surface area contributed by atoms with Crippen LogP contribution in [0.2, 0.25) is 0 Å². The van der Waals surface area contributed by atoms with Gasteiger partial charge in [0.15, 0.2) is 0 Å². The van der Waals surface area contributed by atoms with Crippen LogP contribution in [0, 0.1) is 0 Å². The van der Waals surface area contributed by atoms with Gasteiger partial charge in [-0.3, -0.25) is 0 Å². The van der Waals surface area contributed by atoms with Crippen molar-refractivity contribution in [3.05, 3.63) is 107 Å². The molecule has 0 N–H and O–H groups in total. The molecule has 8 heteroatoms. The Morgan fingerprint density at radius 3 is 0.913 bits per heavy atom. The van der Waals surface area contributed by atoms with Gasteiger partial charge in [-0.05, 0) is 70.2 Å². The van der Waals surface area contributed by atoms with Crippen molar-refractivity contribution in [3.8, 4) is 23.0 Å². The molecule has 6 nitrogen and oxygen atoms in total. The van der Waals surface area contributed by atoms with Crippen LogP contribution in [-0.4, -0.2) is 27.6 Å². The summed E-state index contributed by atoms with van der Waals surface area (Å²) in [4.78, 5) is 4.62. The van der Waals surface area contributed by atoms with Crippen molar-refractivity contribution in [3.63, 3.8) is 0 Å². The van der Waals surface area contributed by atoms with E-state index in [4.69, 9.17) is 18.6 Å². The smallest absolute Gasteiger partial charge is 0.504 e. The Kier molecular flexibility index (Phi) is 9.17. The topological polar surface area (TPSA) is 43.4 Å². The van der Waals surface area contributed by atoms with Crippen molar-refractivity contribution in [2.24, 2.45) is 0 Å². The Bertz CT molecular complexity index is 1450. The molecule has 0 saturated heterocycles. The second-order valence-electron chi connectivity index (χ2n) is 13.6. The Hall–Kier alpha value is -4.19. The highest BCUT2D eigenvalue weighted by Gasteiger charge is 2.45. The summed E-state index contributed by atoms with van der Waals surface area (Å²) < 4.78 is 26.2. The number of para-hydroxylation sites is 6. The predicted octanol–water partition coefficient (Wildman–Crippen LogP) is 9.41. The zero-order valence-corrected chi connectivity index (χ0v) is 28.5. The fourth-order valence-corrected chi connectivity index (χ4v) is 6.57. The minimum absolute atomic E-state index is 0.307. The second-order valence-corrected chi connectivity index (χ2v) is 13.6. The van der Waals surface area contributed by atoms with Crippen molar-refractivity contribution < 1.29 is 18.6 Å². The molecule has 0 atom stereocenters. The Morgan fingerprint density at radius 1 is 0.413 bits per heavy atom. The van der Waals surface area contributed by atoms with Crippen molar-refractivity contribution in [1.29, 1.82) is 0 Å². The van der Waals surface area contributed by atoms with Crippen molar-refractivity contribution in [2.45, 2.75) is 79.1 Å². The normalized spacial score (nSPS) is 13.5. The number of benzene rings is 4. The lowest BCUT2D eigenvalue weighted by Crippen LogP contribution is -2.55. The first-order valence-electron chi connectivity index (χ1n) is 16.8. The molecule has 238 valence electrons.